The number of para-hydroxylation sites is 2. The minimum absolute atomic E-state index is 0.178. The number of carbonyl (C=O) groups excluding carboxylic acids is 1. The van der Waals surface area contributed by atoms with Gasteiger partial charge in [0.15, 0.2) is 11.0 Å². The summed E-state index contributed by atoms with van der Waals surface area (Å²) in [6.45, 7) is 5.20. The zero-order chi connectivity index (χ0) is 23.1. The van der Waals surface area contributed by atoms with Crippen molar-refractivity contribution >= 4 is 34.3 Å². The third kappa shape index (κ3) is 3.96. The highest BCUT2D eigenvalue weighted by molar-refractivity contribution is 8.00. The van der Waals surface area contributed by atoms with Crippen molar-refractivity contribution in [3.8, 4) is 11.4 Å². The molecule has 4 aromatic rings. The summed E-state index contributed by atoms with van der Waals surface area (Å²) in [7, 11) is 0. The number of fused-ring (bicyclic) bond motifs is 1. The van der Waals surface area contributed by atoms with Crippen molar-refractivity contribution in [1.82, 2.24) is 24.6 Å². The highest BCUT2D eigenvalue weighted by atomic mass is 32.2. The number of thioether (sulfide) groups is 1. The van der Waals surface area contributed by atoms with Crippen molar-refractivity contribution in [2.45, 2.75) is 36.2 Å². The van der Waals surface area contributed by atoms with E-state index in [1.807, 2.05) is 36.2 Å². The fraction of sp³-hybridized carbons (Fsp3) is 0.346. The quantitative estimate of drug-likeness (QED) is 0.416. The van der Waals surface area contributed by atoms with E-state index in [1.54, 1.807) is 0 Å². The number of piperazine rings is 1. The number of aromatic amines is 1. The highest BCUT2D eigenvalue weighted by Gasteiger charge is 2.33. The van der Waals surface area contributed by atoms with Gasteiger partial charge in [-0.1, -0.05) is 48.2 Å². The van der Waals surface area contributed by atoms with E-state index in [4.69, 9.17) is 0 Å². The molecule has 2 fully saturated rings. The molecular formula is C26H28N6OS. The molecule has 174 valence electrons. The summed E-state index contributed by atoms with van der Waals surface area (Å²) in [5.74, 6) is 1.07. The summed E-state index contributed by atoms with van der Waals surface area (Å²) in [4.78, 5) is 21.0. The number of benzene rings is 2. The molecule has 0 radical (unpaired) electrons. The molecule has 8 heteroatoms. The normalized spacial score (nSPS) is 17.3. The maximum absolute atomic E-state index is 13.3. The molecular weight excluding hydrogens is 444 g/mol. The van der Waals surface area contributed by atoms with Crippen LogP contribution in [0.25, 0.3) is 22.3 Å². The first-order valence-corrected chi connectivity index (χ1v) is 12.8. The molecule has 6 rings (SSSR count). The van der Waals surface area contributed by atoms with Crippen molar-refractivity contribution in [2.24, 2.45) is 0 Å². The van der Waals surface area contributed by atoms with E-state index in [-0.39, 0.29) is 11.2 Å². The van der Waals surface area contributed by atoms with E-state index in [2.05, 4.69) is 61.0 Å². The first kappa shape index (κ1) is 21.3. The van der Waals surface area contributed by atoms with Gasteiger partial charge in [0.25, 0.3) is 0 Å². The van der Waals surface area contributed by atoms with Gasteiger partial charge in [-0.3, -0.25) is 9.36 Å². The van der Waals surface area contributed by atoms with Crippen LogP contribution in [0.3, 0.4) is 0 Å². The van der Waals surface area contributed by atoms with Crippen LogP contribution in [-0.4, -0.2) is 62.0 Å². The van der Waals surface area contributed by atoms with Gasteiger partial charge in [0.1, 0.15) is 0 Å². The molecule has 3 heterocycles. The standard InChI is InChI=1S/C26H28N6OS/c1-18(25(33)31-15-13-30(14-16-31)19-7-3-2-4-8-19)34-26-29-28-24(32(26)20-11-12-20)22-17-27-23-10-6-5-9-21(22)23/h2-10,17-18,20,27H,11-16H2,1H3. The Morgan fingerprint density at radius 3 is 2.50 bits per heavy atom. The Kier molecular flexibility index (Phi) is 5.53. The summed E-state index contributed by atoms with van der Waals surface area (Å²) in [6.07, 6.45) is 4.28. The SMILES string of the molecule is CC(Sc1nnc(-c2c[nH]c3ccccc23)n1C1CC1)C(=O)N1CCN(c2ccccc2)CC1. The lowest BCUT2D eigenvalue weighted by Crippen LogP contribution is -2.50. The Bertz CT molecular complexity index is 1300. The molecule has 0 spiro atoms. The molecule has 34 heavy (non-hydrogen) atoms. The first-order chi connectivity index (χ1) is 16.7. The average Bonchev–Trinajstić information content (AvgIpc) is 3.51. The van der Waals surface area contributed by atoms with Crippen LogP contribution >= 0.6 is 11.8 Å². The monoisotopic (exact) mass is 472 g/mol. The number of amides is 1. The highest BCUT2D eigenvalue weighted by Crippen LogP contribution is 2.43. The van der Waals surface area contributed by atoms with Crippen LogP contribution in [0.5, 0.6) is 0 Å². The lowest BCUT2D eigenvalue weighted by Gasteiger charge is -2.37. The second kappa shape index (κ2) is 8.83. The zero-order valence-corrected chi connectivity index (χ0v) is 20.0. The molecule has 2 aromatic carbocycles. The Morgan fingerprint density at radius 1 is 1.00 bits per heavy atom. The predicted octanol–water partition coefficient (Wildman–Crippen LogP) is 4.59. The van der Waals surface area contributed by atoms with Crippen LogP contribution < -0.4 is 4.90 Å². The molecule has 1 aliphatic heterocycles. The summed E-state index contributed by atoms with van der Waals surface area (Å²) in [5, 5.41) is 10.9. The second-order valence-electron chi connectivity index (χ2n) is 9.06. The maximum Gasteiger partial charge on any atom is 0.236 e. The van der Waals surface area contributed by atoms with Crippen molar-refractivity contribution in [3.63, 3.8) is 0 Å². The number of H-pyrrole nitrogens is 1. The predicted molar refractivity (Wildman–Crippen MR) is 136 cm³/mol. The molecule has 1 saturated carbocycles. The molecule has 1 amide bonds. The third-order valence-electron chi connectivity index (χ3n) is 6.75. The van der Waals surface area contributed by atoms with Crippen LogP contribution in [0.2, 0.25) is 0 Å². The topological polar surface area (TPSA) is 70.0 Å². The molecule has 1 N–H and O–H groups in total. The summed E-state index contributed by atoms with van der Waals surface area (Å²) in [6, 6.07) is 19.1. The van der Waals surface area contributed by atoms with Crippen LogP contribution in [0, 0.1) is 0 Å². The van der Waals surface area contributed by atoms with Gasteiger partial charge in [-0.15, -0.1) is 10.2 Å². The second-order valence-corrected chi connectivity index (χ2v) is 10.4. The van der Waals surface area contributed by atoms with E-state index in [1.165, 1.54) is 17.4 Å². The van der Waals surface area contributed by atoms with Gasteiger partial charge in [-0.25, -0.2) is 0 Å². The largest absolute Gasteiger partial charge is 0.368 e. The van der Waals surface area contributed by atoms with Crippen LogP contribution in [0.15, 0.2) is 66.0 Å². The third-order valence-corrected chi connectivity index (χ3v) is 7.79. The average molecular weight is 473 g/mol. The number of nitrogens with one attached hydrogen (secondary N) is 1. The van der Waals surface area contributed by atoms with E-state index in [9.17, 15) is 4.79 Å². The minimum Gasteiger partial charge on any atom is -0.368 e. The molecule has 2 aromatic heterocycles. The van der Waals surface area contributed by atoms with E-state index >= 15 is 0 Å². The van der Waals surface area contributed by atoms with Crippen LogP contribution in [0.1, 0.15) is 25.8 Å². The number of hydrogen-bond donors (Lipinski definition) is 1. The number of carbonyl (C=O) groups is 1. The van der Waals surface area contributed by atoms with Crippen LogP contribution in [-0.2, 0) is 4.79 Å². The Balaban J connectivity index is 1.17. The van der Waals surface area contributed by atoms with E-state index in [0.717, 1.165) is 66.5 Å². The Hall–Kier alpha value is -3.26. The summed E-state index contributed by atoms with van der Waals surface area (Å²) >= 11 is 1.54. The maximum atomic E-state index is 13.3. The molecule has 2 aliphatic rings. The van der Waals surface area contributed by atoms with E-state index in [0.29, 0.717) is 6.04 Å². The van der Waals surface area contributed by atoms with Crippen molar-refractivity contribution in [2.75, 3.05) is 31.1 Å². The van der Waals surface area contributed by atoms with Gasteiger partial charge >= 0.3 is 0 Å². The van der Waals surface area contributed by atoms with Crippen LogP contribution in [0.4, 0.5) is 5.69 Å². The van der Waals surface area contributed by atoms with Gasteiger partial charge in [-0.05, 0) is 38.0 Å². The number of rotatable bonds is 6. The fourth-order valence-corrected chi connectivity index (χ4v) is 5.75. The minimum atomic E-state index is -0.208. The number of hydrogen-bond acceptors (Lipinski definition) is 5. The van der Waals surface area contributed by atoms with Gasteiger partial charge in [0, 0.05) is 60.6 Å². The van der Waals surface area contributed by atoms with Crippen molar-refractivity contribution in [1.29, 1.82) is 0 Å². The fourth-order valence-electron chi connectivity index (χ4n) is 4.75. The lowest BCUT2D eigenvalue weighted by atomic mass is 10.1. The van der Waals surface area contributed by atoms with E-state index < -0.39 is 0 Å². The van der Waals surface area contributed by atoms with Gasteiger partial charge in [-0.2, -0.15) is 0 Å². The molecule has 1 saturated heterocycles. The molecule has 0 bridgehead atoms. The number of anilines is 1. The summed E-state index contributed by atoms with van der Waals surface area (Å²) < 4.78 is 2.25. The van der Waals surface area contributed by atoms with Gasteiger partial charge in [0.05, 0.1) is 5.25 Å². The zero-order valence-electron chi connectivity index (χ0n) is 19.2. The molecule has 1 atom stereocenters. The van der Waals surface area contributed by atoms with Gasteiger partial charge < -0.3 is 14.8 Å². The Morgan fingerprint density at radius 2 is 1.74 bits per heavy atom. The number of aromatic nitrogens is 4. The van der Waals surface area contributed by atoms with Crippen molar-refractivity contribution < 1.29 is 4.79 Å². The lowest BCUT2D eigenvalue weighted by molar-refractivity contribution is -0.130. The molecule has 1 aliphatic carbocycles. The first-order valence-electron chi connectivity index (χ1n) is 12.0. The smallest absolute Gasteiger partial charge is 0.236 e. The Labute approximate surface area is 203 Å². The molecule has 7 nitrogen and oxygen atoms in total. The summed E-state index contributed by atoms with van der Waals surface area (Å²) in [5.41, 5.74) is 3.38. The number of nitrogens with zero attached hydrogens (tertiary/aromatic N) is 5. The van der Waals surface area contributed by atoms with Gasteiger partial charge in [0.2, 0.25) is 5.91 Å². The van der Waals surface area contributed by atoms with Crippen molar-refractivity contribution in [3.05, 3.63) is 60.8 Å². The molecule has 1 unspecified atom stereocenters.